The molecular weight excluding hydrogens is 419 g/mol. The lowest BCUT2D eigenvalue weighted by molar-refractivity contribution is 0.0765. The predicted octanol–water partition coefficient (Wildman–Crippen LogP) is 4.59. The van der Waals surface area contributed by atoms with E-state index in [0.29, 0.717) is 16.8 Å². The van der Waals surface area contributed by atoms with Gasteiger partial charge in [-0.15, -0.1) is 0 Å². The highest BCUT2D eigenvalue weighted by atomic mass is 35.5. The number of aryl methyl sites for hydroxylation is 1. The lowest BCUT2D eigenvalue weighted by Gasteiger charge is -2.18. The Kier molecular flexibility index (Phi) is 4.09. The number of ether oxygens (including phenoxy) is 1. The molecule has 0 fully saturated rings. The number of amides is 1. The van der Waals surface area contributed by atoms with Crippen LogP contribution in [0.2, 0.25) is 5.02 Å². The Morgan fingerprint density at radius 1 is 1.29 bits per heavy atom. The highest BCUT2D eigenvalue weighted by Gasteiger charge is 2.29. The molecule has 0 N–H and O–H groups in total. The molecule has 1 aliphatic heterocycles. The van der Waals surface area contributed by atoms with E-state index >= 15 is 4.39 Å². The van der Waals surface area contributed by atoms with E-state index in [1.54, 1.807) is 43.1 Å². The van der Waals surface area contributed by atoms with Crippen molar-refractivity contribution in [1.29, 1.82) is 0 Å². The minimum atomic E-state index is -2.18. The molecule has 2 aromatic carbocycles. The molecule has 4 aromatic rings. The largest absolute Gasteiger partial charge is 0.494 e. The van der Waals surface area contributed by atoms with Gasteiger partial charge >= 0.3 is 0 Å². The Balaban J connectivity index is 1.55. The summed E-state index contributed by atoms with van der Waals surface area (Å²) < 4.78 is 39.1. The first-order chi connectivity index (χ1) is 15.7. The van der Waals surface area contributed by atoms with E-state index in [4.69, 9.17) is 19.1 Å². The smallest absolute Gasteiger partial charge is 0.256 e. The summed E-state index contributed by atoms with van der Waals surface area (Å²) in [6, 6.07) is 9.57. The van der Waals surface area contributed by atoms with Crippen molar-refractivity contribution in [2.75, 3.05) is 7.11 Å². The number of pyridine rings is 1. The summed E-state index contributed by atoms with van der Waals surface area (Å²) in [4.78, 5) is 17.8. The third kappa shape index (κ3) is 3.21. The van der Waals surface area contributed by atoms with Crippen LogP contribution in [0.4, 0.5) is 4.39 Å². The summed E-state index contributed by atoms with van der Waals surface area (Å²) in [5, 5.41) is 5.28. The molecule has 0 unspecified atom stereocenters. The molecule has 0 spiro atoms. The van der Waals surface area contributed by atoms with Gasteiger partial charge in [-0.2, -0.15) is 5.10 Å². The van der Waals surface area contributed by atoms with Crippen LogP contribution in [-0.2, 0) is 20.1 Å². The number of rotatable bonds is 4. The zero-order chi connectivity index (χ0) is 23.5. The fourth-order valence-electron chi connectivity index (χ4n) is 3.78. The number of benzene rings is 2. The van der Waals surface area contributed by atoms with Gasteiger partial charge < -0.3 is 9.64 Å². The number of fused-ring (bicyclic) bond motifs is 2. The normalized spacial score (nSPS) is 15.7. The van der Waals surface area contributed by atoms with Crippen molar-refractivity contribution in [2.24, 2.45) is 7.05 Å². The third-order valence-corrected chi connectivity index (χ3v) is 5.60. The molecule has 0 atom stereocenters. The third-order valence-electron chi connectivity index (χ3n) is 5.27. The molecule has 0 radical (unpaired) electrons. The zero-order valence-electron chi connectivity index (χ0n) is 18.7. The monoisotopic (exact) mass is 438 g/mol. The molecule has 8 heteroatoms. The number of carbonyl (C=O) groups excluding carboxylic acids is 1. The van der Waals surface area contributed by atoms with Gasteiger partial charge in [0.1, 0.15) is 17.1 Å². The lowest BCUT2D eigenvalue weighted by Crippen LogP contribution is -2.24. The Hall–Kier alpha value is -3.45. The van der Waals surface area contributed by atoms with Crippen LogP contribution in [-0.4, -0.2) is 32.7 Å². The summed E-state index contributed by atoms with van der Waals surface area (Å²) in [6.45, 7) is -2.52. The second-order valence-electron chi connectivity index (χ2n) is 7.20. The molecule has 0 aliphatic carbocycles. The molecule has 0 saturated carbocycles. The summed E-state index contributed by atoms with van der Waals surface area (Å²) in [5.74, 6) is -0.603. The molecule has 1 amide bonds. The van der Waals surface area contributed by atoms with Gasteiger partial charge in [0.15, 0.2) is 0 Å². The fraction of sp³-hybridized carbons (Fsp3) is 0.174. The molecule has 31 heavy (non-hydrogen) atoms. The second kappa shape index (κ2) is 7.35. The van der Waals surface area contributed by atoms with Crippen molar-refractivity contribution >= 4 is 28.4 Å². The van der Waals surface area contributed by atoms with E-state index < -0.39 is 18.2 Å². The van der Waals surface area contributed by atoms with E-state index in [-0.39, 0.29) is 28.4 Å². The van der Waals surface area contributed by atoms with Crippen LogP contribution in [0.5, 0.6) is 5.75 Å². The summed E-state index contributed by atoms with van der Waals surface area (Å²) in [7, 11) is 3.34. The highest BCUT2D eigenvalue weighted by molar-refractivity contribution is 6.31. The Labute approximate surface area is 185 Å². The molecule has 1 aliphatic rings. The topological polar surface area (TPSA) is 60.3 Å². The fourth-order valence-corrected chi connectivity index (χ4v) is 4.05. The quantitative estimate of drug-likeness (QED) is 0.467. The standard InChI is InChI=1S/C23H18ClFN4O2/c1-28-10-16-14(5-6-21(31-2)22(16)27-28)13-8-18(24)17(19(25)9-13)11-29-12-20-15(23(29)30)4-3-7-26-20/h3-10H,11-12H2,1-2H3/i12D2. The van der Waals surface area contributed by atoms with Crippen LogP contribution in [0.25, 0.3) is 22.0 Å². The van der Waals surface area contributed by atoms with Gasteiger partial charge in [-0.1, -0.05) is 11.6 Å². The molecule has 156 valence electrons. The minimum Gasteiger partial charge on any atom is -0.494 e. The first kappa shape index (κ1) is 17.3. The average Bonchev–Trinajstić information content (AvgIpc) is 3.26. The Morgan fingerprint density at radius 3 is 2.87 bits per heavy atom. The molecule has 5 rings (SSSR count). The minimum absolute atomic E-state index is 0.0142. The van der Waals surface area contributed by atoms with E-state index in [9.17, 15) is 4.79 Å². The van der Waals surface area contributed by atoms with Crippen LogP contribution in [0.1, 0.15) is 24.4 Å². The van der Waals surface area contributed by atoms with Gasteiger partial charge in [0.25, 0.3) is 5.91 Å². The number of nitrogens with zero attached hydrogens (tertiary/aromatic N) is 4. The Bertz CT molecular complexity index is 1420. The van der Waals surface area contributed by atoms with Crippen molar-refractivity contribution in [2.45, 2.75) is 13.0 Å². The number of carbonyl (C=O) groups is 1. The van der Waals surface area contributed by atoms with Crippen LogP contribution < -0.4 is 4.74 Å². The van der Waals surface area contributed by atoms with Gasteiger partial charge in [-0.25, -0.2) is 4.39 Å². The molecule has 2 aromatic heterocycles. The van der Waals surface area contributed by atoms with E-state index in [0.717, 1.165) is 15.8 Å². The van der Waals surface area contributed by atoms with Gasteiger partial charge in [-0.3, -0.25) is 14.5 Å². The van der Waals surface area contributed by atoms with E-state index in [1.165, 1.54) is 18.3 Å². The van der Waals surface area contributed by atoms with E-state index in [1.807, 2.05) is 6.20 Å². The van der Waals surface area contributed by atoms with Gasteiger partial charge in [0, 0.05) is 35.4 Å². The van der Waals surface area contributed by atoms with Crippen molar-refractivity contribution in [1.82, 2.24) is 19.7 Å². The van der Waals surface area contributed by atoms with Crippen LogP contribution in [0.15, 0.2) is 48.8 Å². The van der Waals surface area contributed by atoms with Crippen LogP contribution in [0, 0.1) is 5.82 Å². The first-order valence-corrected chi connectivity index (χ1v) is 9.86. The van der Waals surface area contributed by atoms with E-state index in [2.05, 4.69) is 10.1 Å². The molecule has 0 saturated heterocycles. The lowest BCUT2D eigenvalue weighted by atomic mass is 9.99. The Morgan fingerprint density at radius 2 is 2.13 bits per heavy atom. The van der Waals surface area contributed by atoms with Crippen LogP contribution in [0.3, 0.4) is 0 Å². The summed E-state index contributed by atoms with van der Waals surface area (Å²) >= 11 is 6.47. The van der Waals surface area contributed by atoms with Gasteiger partial charge in [0.2, 0.25) is 0 Å². The second-order valence-corrected chi connectivity index (χ2v) is 7.61. The van der Waals surface area contributed by atoms with Crippen molar-refractivity contribution < 1.29 is 16.7 Å². The summed E-state index contributed by atoms with van der Waals surface area (Å²) in [5.41, 5.74) is 2.09. The first-order valence-electron chi connectivity index (χ1n) is 10.5. The average molecular weight is 439 g/mol. The maximum Gasteiger partial charge on any atom is 0.256 e. The maximum absolute atomic E-state index is 15.3. The predicted molar refractivity (Wildman–Crippen MR) is 115 cm³/mol. The number of hydrogen-bond acceptors (Lipinski definition) is 4. The molecule has 3 heterocycles. The number of aromatic nitrogens is 3. The number of halogens is 2. The van der Waals surface area contributed by atoms with Gasteiger partial charge in [0.05, 0.1) is 34.2 Å². The number of methoxy groups -OCH3 is 1. The number of hydrogen-bond donors (Lipinski definition) is 0. The van der Waals surface area contributed by atoms with Crippen molar-refractivity contribution in [3.05, 3.63) is 76.5 Å². The summed E-state index contributed by atoms with van der Waals surface area (Å²) in [6.07, 6.45) is 3.23. The van der Waals surface area contributed by atoms with Crippen molar-refractivity contribution in [3.8, 4) is 16.9 Å². The molecule has 6 nitrogen and oxygen atoms in total. The molecular formula is C23H18ClFN4O2. The zero-order valence-corrected chi connectivity index (χ0v) is 17.4. The van der Waals surface area contributed by atoms with Crippen molar-refractivity contribution in [3.63, 3.8) is 0 Å². The van der Waals surface area contributed by atoms with Crippen LogP contribution >= 0.6 is 11.6 Å². The SMILES string of the molecule is [2H]C1([2H])c2ncccc2C(=O)N1Cc1c(F)cc(-c2ccc(OC)c3nn(C)cc23)cc1Cl. The van der Waals surface area contributed by atoms with Gasteiger partial charge in [-0.05, 0) is 47.5 Å². The highest BCUT2D eigenvalue weighted by Crippen LogP contribution is 2.36. The molecule has 0 bridgehead atoms. The maximum atomic E-state index is 15.3.